The number of Topliss-reactive ketones (excluding diaryl/α,β-unsaturated/α-hetero) is 1. The molecule has 50 valence electrons. The van der Waals surface area contributed by atoms with Crippen LogP contribution in [-0.4, -0.2) is 18.0 Å². The molecule has 1 heterocycles. The van der Waals surface area contributed by atoms with Gasteiger partial charge in [-0.3, -0.25) is 4.79 Å². The Hall–Kier alpha value is -0.370. The lowest BCUT2D eigenvalue weighted by atomic mass is 10.2. The van der Waals surface area contributed by atoms with Crippen molar-refractivity contribution in [3.8, 4) is 0 Å². The van der Waals surface area contributed by atoms with Crippen molar-refractivity contribution in [1.29, 1.82) is 0 Å². The Kier molecular flexibility index (Phi) is 1.09. The van der Waals surface area contributed by atoms with Crippen LogP contribution in [0.3, 0.4) is 0 Å². The first kappa shape index (κ1) is 5.42. The van der Waals surface area contributed by atoms with Crippen molar-refractivity contribution in [2.45, 2.75) is 37.9 Å². The minimum Gasteiger partial charge on any atom is -0.370 e. The number of carbonyl (C=O) groups excluding carboxylic acids is 1. The molecule has 0 amide bonds. The number of epoxide rings is 1. The summed E-state index contributed by atoms with van der Waals surface area (Å²) in [4.78, 5) is 10.8. The van der Waals surface area contributed by atoms with Crippen molar-refractivity contribution in [3.63, 3.8) is 0 Å². The van der Waals surface area contributed by atoms with Crippen LogP contribution in [0.2, 0.25) is 0 Å². The average molecular weight is 126 g/mol. The molecule has 0 spiro atoms. The summed E-state index contributed by atoms with van der Waals surface area (Å²) >= 11 is 0. The molecule has 0 N–H and O–H groups in total. The lowest BCUT2D eigenvalue weighted by Gasteiger charge is -1.91. The SMILES string of the molecule is O=C1CC[C@@H]2O[C@@H]2CC1. The van der Waals surface area contributed by atoms with Crippen LogP contribution in [0.4, 0.5) is 0 Å². The summed E-state index contributed by atoms with van der Waals surface area (Å²) in [7, 11) is 0. The van der Waals surface area contributed by atoms with Gasteiger partial charge in [0.05, 0.1) is 12.2 Å². The van der Waals surface area contributed by atoms with E-state index >= 15 is 0 Å². The molecule has 1 saturated carbocycles. The fraction of sp³-hybridized carbons (Fsp3) is 0.857. The Labute approximate surface area is 54.2 Å². The van der Waals surface area contributed by atoms with Crippen molar-refractivity contribution >= 4 is 5.78 Å². The van der Waals surface area contributed by atoms with Gasteiger partial charge in [0.1, 0.15) is 5.78 Å². The Bertz CT molecular complexity index is 128. The lowest BCUT2D eigenvalue weighted by Crippen LogP contribution is -1.95. The fourth-order valence-corrected chi connectivity index (χ4v) is 1.42. The minimum absolute atomic E-state index is 0.422. The van der Waals surface area contributed by atoms with E-state index in [1.807, 2.05) is 0 Å². The maximum atomic E-state index is 10.8. The highest BCUT2D eigenvalue weighted by atomic mass is 16.6. The molecule has 0 aromatic rings. The van der Waals surface area contributed by atoms with E-state index in [4.69, 9.17) is 4.74 Å². The summed E-state index contributed by atoms with van der Waals surface area (Å²) in [6.07, 6.45) is 4.36. The Morgan fingerprint density at radius 2 is 1.78 bits per heavy atom. The maximum absolute atomic E-state index is 10.8. The van der Waals surface area contributed by atoms with Crippen molar-refractivity contribution in [1.82, 2.24) is 0 Å². The summed E-state index contributed by atoms with van der Waals surface area (Å²) in [6.45, 7) is 0. The number of carbonyl (C=O) groups is 1. The molecule has 9 heavy (non-hydrogen) atoms. The molecule has 1 aliphatic carbocycles. The second-order valence-corrected chi connectivity index (χ2v) is 2.83. The smallest absolute Gasteiger partial charge is 0.133 e. The summed E-state index contributed by atoms with van der Waals surface area (Å²) < 4.78 is 5.25. The molecule has 2 nitrogen and oxygen atoms in total. The third-order valence-electron chi connectivity index (χ3n) is 2.10. The highest BCUT2D eigenvalue weighted by Gasteiger charge is 2.40. The van der Waals surface area contributed by atoms with Crippen LogP contribution in [-0.2, 0) is 9.53 Å². The minimum atomic E-state index is 0.422. The van der Waals surface area contributed by atoms with Gasteiger partial charge in [0.2, 0.25) is 0 Å². The second-order valence-electron chi connectivity index (χ2n) is 2.83. The van der Waals surface area contributed by atoms with Gasteiger partial charge < -0.3 is 4.74 Å². The largest absolute Gasteiger partial charge is 0.370 e. The molecule has 2 heteroatoms. The van der Waals surface area contributed by atoms with Crippen molar-refractivity contribution < 1.29 is 9.53 Å². The van der Waals surface area contributed by atoms with E-state index in [1.54, 1.807) is 0 Å². The number of hydrogen-bond acceptors (Lipinski definition) is 2. The zero-order chi connectivity index (χ0) is 6.27. The van der Waals surface area contributed by atoms with Crippen molar-refractivity contribution in [2.75, 3.05) is 0 Å². The van der Waals surface area contributed by atoms with Gasteiger partial charge in [-0.15, -0.1) is 0 Å². The normalized spacial score (nSPS) is 41.6. The molecule has 2 atom stereocenters. The summed E-state index contributed by atoms with van der Waals surface area (Å²) in [5, 5.41) is 0. The highest BCUT2D eigenvalue weighted by molar-refractivity contribution is 5.78. The van der Waals surface area contributed by atoms with Gasteiger partial charge in [-0.05, 0) is 12.8 Å². The second kappa shape index (κ2) is 1.81. The molecule has 0 unspecified atom stereocenters. The topological polar surface area (TPSA) is 29.6 Å². The van der Waals surface area contributed by atoms with Crippen LogP contribution in [0.25, 0.3) is 0 Å². The standard InChI is InChI=1S/C7H10O2/c8-5-1-3-6-7(9-6)4-2-5/h6-7H,1-4H2/t6-,7+. The molecule has 0 aromatic heterocycles. The van der Waals surface area contributed by atoms with Gasteiger partial charge in [0, 0.05) is 12.8 Å². The predicted molar refractivity (Wildman–Crippen MR) is 32.1 cm³/mol. The summed E-state index contributed by atoms with van der Waals surface area (Å²) in [6, 6.07) is 0. The third kappa shape index (κ3) is 0.990. The quantitative estimate of drug-likeness (QED) is 0.451. The van der Waals surface area contributed by atoms with Gasteiger partial charge in [-0.1, -0.05) is 0 Å². The molecular formula is C7H10O2. The third-order valence-corrected chi connectivity index (χ3v) is 2.10. The lowest BCUT2D eigenvalue weighted by molar-refractivity contribution is -0.119. The molecule has 2 rings (SSSR count). The van der Waals surface area contributed by atoms with E-state index in [1.165, 1.54) is 0 Å². The van der Waals surface area contributed by atoms with Gasteiger partial charge >= 0.3 is 0 Å². The van der Waals surface area contributed by atoms with E-state index < -0.39 is 0 Å². The molecule has 2 aliphatic rings. The number of rotatable bonds is 0. The Morgan fingerprint density at radius 3 is 2.33 bits per heavy atom. The maximum Gasteiger partial charge on any atom is 0.133 e. The number of fused-ring (bicyclic) bond motifs is 1. The van der Waals surface area contributed by atoms with Gasteiger partial charge in [-0.2, -0.15) is 0 Å². The van der Waals surface area contributed by atoms with Gasteiger partial charge in [0.25, 0.3) is 0 Å². The number of ether oxygens (including phenoxy) is 1. The molecule has 0 bridgehead atoms. The first-order chi connectivity index (χ1) is 4.36. The zero-order valence-electron chi connectivity index (χ0n) is 5.30. The average Bonchev–Trinajstić information content (AvgIpc) is 2.54. The molecule has 1 saturated heterocycles. The van der Waals surface area contributed by atoms with Crippen molar-refractivity contribution in [2.24, 2.45) is 0 Å². The molecule has 0 aromatic carbocycles. The van der Waals surface area contributed by atoms with Crippen LogP contribution in [0, 0.1) is 0 Å². The molecular weight excluding hydrogens is 116 g/mol. The predicted octanol–water partition coefficient (Wildman–Crippen LogP) is 0.897. The molecule has 0 radical (unpaired) electrons. The van der Waals surface area contributed by atoms with Crippen LogP contribution in [0.1, 0.15) is 25.7 Å². The first-order valence-electron chi connectivity index (χ1n) is 3.53. The van der Waals surface area contributed by atoms with Crippen LogP contribution < -0.4 is 0 Å². The monoisotopic (exact) mass is 126 g/mol. The summed E-state index contributed by atoms with van der Waals surface area (Å²) in [5.74, 6) is 0.422. The highest BCUT2D eigenvalue weighted by Crippen LogP contribution is 2.33. The van der Waals surface area contributed by atoms with Crippen LogP contribution in [0.15, 0.2) is 0 Å². The van der Waals surface area contributed by atoms with E-state index in [2.05, 4.69) is 0 Å². The van der Waals surface area contributed by atoms with Crippen LogP contribution >= 0.6 is 0 Å². The van der Waals surface area contributed by atoms with E-state index in [0.29, 0.717) is 18.0 Å². The van der Waals surface area contributed by atoms with Crippen LogP contribution in [0.5, 0.6) is 0 Å². The fourth-order valence-electron chi connectivity index (χ4n) is 1.42. The van der Waals surface area contributed by atoms with E-state index in [0.717, 1.165) is 25.7 Å². The summed E-state index contributed by atoms with van der Waals surface area (Å²) in [5.41, 5.74) is 0. The van der Waals surface area contributed by atoms with Gasteiger partial charge in [-0.25, -0.2) is 0 Å². The Balaban J connectivity index is 1.96. The molecule has 1 aliphatic heterocycles. The molecule has 2 fully saturated rings. The van der Waals surface area contributed by atoms with E-state index in [9.17, 15) is 4.79 Å². The first-order valence-corrected chi connectivity index (χ1v) is 3.53. The Morgan fingerprint density at radius 1 is 1.22 bits per heavy atom. The van der Waals surface area contributed by atoms with E-state index in [-0.39, 0.29) is 0 Å². The zero-order valence-corrected chi connectivity index (χ0v) is 5.30. The van der Waals surface area contributed by atoms with Gasteiger partial charge in [0.15, 0.2) is 0 Å². The van der Waals surface area contributed by atoms with Crippen molar-refractivity contribution in [3.05, 3.63) is 0 Å². The number of ketones is 1. The number of hydrogen-bond donors (Lipinski definition) is 0.